The first-order valence-corrected chi connectivity index (χ1v) is 14.3. The molecule has 1 aliphatic carbocycles. The lowest BCUT2D eigenvalue weighted by atomic mass is 10.0. The number of H-pyrrole nitrogens is 1. The molecule has 4 aromatic rings. The summed E-state index contributed by atoms with van der Waals surface area (Å²) in [6.07, 6.45) is 7.82. The molecule has 6 rings (SSSR count). The first-order valence-electron chi connectivity index (χ1n) is 13.5. The molecular formula is C29H32Cl2N6O. The lowest BCUT2D eigenvalue weighted by Gasteiger charge is -2.19. The molecule has 0 radical (unpaired) electrons. The summed E-state index contributed by atoms with van der Waals surface area (Å²) in [6.45, 7) is 5.26. The molecule has 1 aliphatic heterocycles. The quantitative estimate of drug-likeness (QED) is 0.293. The Kier molecular flexibility index (Phi) is 7.16. The molecule has 2 aliphatic rings. The van der Waals surface area contributed by atoms with Crippen molar-refractivity contribution in [3.05, 3.63) is 75.0 Å². The molecule has 2 aromatic heterocycles. The minimum absolute atomic E-state index is 0.202. The second-order valence-electron chi connectivity index (χ2n) is 10.4. The van der Waals surface area contributed by atoms with E-state index in [9.17, 15) is 4.79 Å². The lowest BCUT2D eigenvalue weighted by Crippen LogP contribution is -2.27. The maximum atomic E-state index is 13.1. The van der Waals surface area contributed by atoms with Crippen LogP contribution in [0.1, 0.15) is 72.0 Å². The topological polar surface area (TPSA) is 78.8 Å². The molecule has 2 aromatic carbocycles. The second-order valence-corrected chi connectivity index (χ2v) is 11.3. The SMILES string of the molecule is C[C@H](NC(=O)c1ccc(-n2c(CCN3CCCC3)nc3c2CCCC3)c(Cl)c1)c1nc2cc(Cl)ccc2[nH]1. The lowest BCUT2D eigenvalue weighted by molar-refractivity contribution is 0.0938. The summed E-state index contributed by atoms with van der Waals surface area (Å²) in [5, 5.41) is 4.21. The van der Waals surface area contributed by atoms with Gasteiger partial charge in [0.15, 0.2) is 0 Å². The molecule has 2 N–H and O–H groups in total. The summed E-state index contributed by atoms with van der Waals surface area (Å²) in [5.74, 6) is 1.54. The normalized spacial score (nSPS) is 16.6. The zero-order valence-corrected chi connectivity index (χ0v) is 23.1. The van der Waals surface area contributed by atoms with Crippen LogP contribution >= 0.6 is 23.2 Å². The van der Waals surface area contributed by atoms with Crippen LogP contribution in [0.4, 0.5) is 0 Å². The molecule has 0 bridgehead atoms. The van der Waals surface area contributed by atoms with Gasteiger partial charge in [-0.3, -0.25) is 9.36 Å². The van der Waals surface area contributed by atoms with Crippen molar-refractivity contribution in [2.75, 3.05) is 19.6 Å². The molecule has 38 heavy (non-hydrogen) atoms. The number of aryl methyl sites for hydroxylation is 1. The van der Waals surface area contributed by atoms with Crippen molar-refractivity contribution in [1.29, 1.82) is 0 Å². The van der Waals surface area contributed by atoms with Crippen LogP contribution in [0, 0.1) is 0 Å². The molecule has 1 amide bonds. The van der Waals surface area contributed by atoms with Gasteiger partial charge < -0.3 is 15.2 Å². The first-order chi connectivity index (χ1) is 18.5. The molecular weight excluding hydrogens is 519 g/mol. The Morgan fingerprint density at radius 3 is 2.68 bits per heavy atom. The van der Waals surface area contributed by atoms with Crippen molar-refractivity contribution in [2.45, 2.75) is 57.9 Å². The number of aromatic amines is 1. The monoisotopic (exact) mass is 550 g/mol. The maximum absolute atomic E-state index is 13.1. The number of likely N-dealkylation sites (tertiary alicyclic amines) is 1. The van der Waals surface area contributed by atoms with Gasteiger partial charge in [0.2, 0.25) is 0 Å². The van der Waals surface area contributed by atoms with E-state index in [1.165, 1.54) is 43.7 Å². The van der Waals surface area contributed by atoms with Crippen molar-refractivity contribution >= 4 is 40.1 Å². The summed E-state index contributed by atoms with van der Waals surface area (Å²) in [5.41, 5.74) is 5.53. The van der Waals surface area contributed by atoms with Gasteiger partial charge in [0.1, 0.15) is 11.6 Å². The fraction of sp³-hybridized carbons (Fsp3) is 0.414. The molecule has 1 fully saturated rings. The fourth-order valence-electron chi connectivity index (χ4n) is 5.69. The Morgan fingerprint density at radius 2 is 1.87 bits per heavy atom. The number of nitrogens with zero attached hydrogens (tertiary/aromatic N) is 4. The standard InChI is InChI=1S/C29H32Cl2N6O/c1-18(28-34-22-10-9-20(30)17-24(22)35-28)32-29(38)19-8-11-25(21(31)16-19)37-26-7-3-2-6-23(26)33-27(37)12-15-36-13-4-5-14-36/h8-11,16-18H,2-7,12-15H2,1H3,(H,32,38)(H,34,35)/t18-/m0/s1. The van der Waals surface area contributed by atoms with Crippen LogP contribution in [0.15, 0.2) is 36.4 Å². The van der Waals surface area contributed by atoms with Gasteiger partial charge in [0, 0.05) is 29.2 Å². The number of nitrogens with one attached hydrogen (secondary N) is 2. The highest BCUT2D eigenvalue weighted by Gasteiger charge is 2.24. The Morgan fingerprint density at radius 1 is 1.05 bits per heavy atom. The van der Waals surface area contributed by atoms with Crippen LogP contribution < -0.4 is 5.32 Å². The number of carbonyl (C=O) groups excluding carboxylic acids is 1. The number of halogens is 2. The average molecular weight is 552 g/mol. The predicted octanol–water partition coefficient (Wildman–Crippen LogP) is 6.06. The molecule has 1 saturated heterocycles. The van der Waals surface area contributed by atoms with Gasteiger partial charge in [0.25, 0.3) is 5.91 Å². The van der Waals surface area contributed by atoms with Crippen molar-refractivity contribution in [3.8, 4) is 5.69 Å². The molecule has 3 heterocycles. The number of hydrogen-bond donors (Lipinski definition) is 2. The summed E-state index contributed by atoms with van der Waals surface area (Å²) in [4.78, 5) is 28.6. The average Bonchev–Trinajstić information content (AvgIpc) is 3.65. The third-order valence-corrected chi connectivity index (χ3v) is 8.26. The van der Waals surface area contributed by atoms with Gasteiger partial charge in [-0.15, -0.1) is 0 Å². The molecule has 1 atom stereocenters. The van der Waals surface area contributed by atoms with Crippen LogP contribution in [-0.4, -0.2) is 50.0 Å². The zero-order valence-electron chi connectivity index (χ0n) is 21.6. The first kappa shape index (κ1) is 25.4. The highest BCUT2D eigenvalue weighted by molar-refractivity contribution is 6.32. The third kappa shape index (κ3) is 5.07. The minimum Gasteiger partial charge on any atom is -0.342 e. The van der Waals surface area contributed by atoms with Crippen molar-refractivity contribution in [1.82, 2.24) is 29.7 Å². The fourth-order valence-corrected chi connectivity index (χ4v) is 6.13. The predicted molar refractivity (Wildman–Crippen MR) is 152 cm³/mol. The van der Waals surface area contributed by atoms with Crippen LogP contribution in [0.3, 0.4) is 0 Å². The largest absolute Gasteiger partial charge is 0.342 e. The van der Waals surface area contributed by atoms with Crippen molar-refractivity contribution in [2.24, 2.45) is 0 Å². The minimum atomic E-state index is -0.315. The van der Waals surface area contributed by atoms with E-state index in [-0.39, 0.29) is 11.9 Å². The van der Waals surface area contributed by atoms with Gasteiger partial charge in [-0.1, -0.05) is 23.2 Å². The van der Waals surface area contributed by atoms with Gasteiger partial charge >= 0.3 is 0 Å². The number of carbonyl (C=O) groups is 1. The Balaban J connectivity index is 1.23. The zero-order chi connectivity index (χ0) is 26.2. The van der Waals surface area contributed by atoms with E-state index >= 15 is 0 Å². The van der Waals surface area contributed by atoms with Crippen LogP contribution in [0.25, 0.3) is 16.7 Å². The maximum Gasteiger partial charge on any atom is 0.251 e. The molecule has 198 valence electrons. The summed E-state index contributed by atoms with van der Waals surface area (Å²) >= 11 is 12.9. The summed E-state index contributed by atoms with van der Waals surface area (Å²) in [7, 11) is 0. The van der Waals surface area contributed by atoms with E-state index in [0.29, 0.717) is 21.4 Å². The number of benzene rings is 2. The van der Waals surface area contributed by atoms with Crippen LogP contribution in [-0.2, 0) is 19.3 Å². The van der Waals surface area contributed by atoms with Crippen LogP contribution in [0.5, 0.6) is 0 Å². The molecule has 0 spiro atoms. The Hall–Kier alpha value is -2.87. The van der Waals surface area contributed by atoms with Gasteiger partial charge in [-0.05, 0) is 94.9 Å². The van der Waals surface area contributed by atoms with Crippen molar-refractivity contribution in [3.63, 3.8) is 0 Å². The highest BCUT2D eigenvalue weighted by Crippen LogP contribution is 2.31. The van der Waals surface area contributed by atoms with E-state index in [4.69, 9.17) is 28.2 Å². The van der Waals surface area contributed by atoms with E-state index in [1.807, 2.05) is 31.2 Å². The van der Waals surface area contributed by atoms with Gasteiger partial charge in [-0.2, -0.15) is 0 Å². The number of imidazole rings is 2. The molecule has 0 saturated carbocycles. The van der Waals surface area contributed by atoms with E-state index in [1.54, 1.807) is 12.1 Å². The highest BCUT2D eigenvalue weighted by atomic mass is 35.5. The van der Waals surface area contributed by atoms with E-state index < -0.39 is 0 Å². The second kappa shape index (κ2) is 10.7. The Labute approximate surface area is 232 Å². The van der Waals surface area contributed by atoms with Crippen molar-refractivity contribution < 1.29 is 4.79 Å². The number of hydrogen-bond acceptors (Lipinski definition) is 4. The number of rotatable bonds is 7. The number of aromatic nitrogens is 4. The third-order valence-electron chi connectivity index (χ3n) is 7.72. The summed E-state index contributed by atoms with van der Waals surface area (Å²) < 4.78 is 2.26. The van der Waals surface area contributed by atoms with Gasteiger partial charge in [-0.25, -0.2) is 9.97 Å². The molecule has 0 unspecified atom stereocenters. The smallest absolute Gasteiger partial charge is 0.251 e. The van der Waals surface area contributed by atoms with E-state index in [2.05, 4.69) is 24.8 Å². The molecule has 9 heteroatoms. The van der Waals surface area contributed by atoms with E-state index in [0.717, 1.165) is 54.8 Å². The van der Waals surface area contributed by atoms with Gasteiger partial charge in [0.05, 0.1) is 33.5 Å². The number of fused-ring (bicyclic) bond motifs is 2. The Bertz CT molecular complexity index is 1490. The molecule has 7 nitrogen and oxygen atoms in total. The number of amides is 1. The summed E-state index contributed by atoms with van der Waals surface area (Å²) in [6, 6.07) is 10.8. The van der Waals surface area contributed by atoms with Crippen LogP contribution in [0.2, 0.25) is 10.0 Å².